The fourth-order valence-corrected chi connectivity index (χ4v) is 3.37. The van der Waals surface area contributed by atoms with Crippen molar-refractivity contribution in [1.82, 2.24) is 19.9 Å². The molecule has 0 bridgehead atoms. The van der Waals surface area contributed by atoms with Crippen LogP contribution in [0.4, 0.5) is 5.82 Å². The van der Waals surface area contributed by atoms with Gasteiger partial charge in [0.1, 0.15) is 16.3 Å². The first-order chi connectivity index (χ1) is 11.8. The van der Waals surface area contributed by atoms with Crippen LogP contribution in [0.3, 0.4) is 0 Å². The molecule has 0 aliphatic rings. The fraction of sp³-hybridized carbons (Fsp3) is 0.111. The van der Waals surface area contributed by atoms with Crippen LogP contribution in [-0.4, -0.2) is 19.9 Å². The molecular weight excluding hydrogens is 318 g/mol. The maximum absolute atomic E-state index is 4.68. The lowest BCUT2D eigenvalue weighted by molar-refractivity contribution is 1.09. The molecule has 0 saturated carbocycles. The van der Waals surface area contributed by atoms with Gasteiger partial charge in [-0.25, -0.2) is 15.0 Å². The molecule has 1 aromatic carbocycles. The molecule has 0 radical (unpaired) electrons. The Morgan fingerprint density at radius 3 is 2.75 bits per heavy atom. The summed E-state index contributed by atoms with van der Waals surface area (Å²) in [6.07, 6.45) is 4.98. The van der Waals surface area contributed by atoms with Gasteiger partial charge in [0.25, 0.3) is 0 Å². The standard InChI is InChI=1S/C18H15N5S/c1-12-9-14-16(21-10-13-5-3-2-4-6-13)22-17(23-18(14)24-12)15-11-19-7-8-20-15/h2-9,11H,10H2,1H3,(H,21,22,23). The first kappa shape index (κ1) is 14.7. The van der Waals surface area contributed by atoms with E-state index in [9.17, 15) is 0 Å². The molecule has 0 atom stereocenters. The Kier molecular flexibility index (Phi) is 3.88. The molecule has 3 aromatic heterocycles. The summed E-state index contributed by atoms with van der Waals surface area (Å²) in [4.78, 5) is 19.9. The van der Waals surface area contributed by atoms with Crippen LogP contribution >= 0.6 is 11.3 Å². The van der Waals surface area contributed by atoms with Crippen molar-refractivity contribution in [1.29, 1.82) is 0 Å². The SMILES string of the molecule is Cc1cc2c(NCc3ccccc3)nc(-c3cnccn3)nc2s1. The van der Waals surface area contributed by atoms with E-state index in [-0.39, 0.29) is 0 Å². The molecule has 0 aliphatic carbocycles. The number of aryl methyl sites for hydroxylation is 1. The number of thiophene rings is 1. The average Bonchev–Trinajstić information content (AvgIpc) is 3.01. The van der Waals surface area contributed by atoms with Gasteiger partial charge in [-0.3, -0.25) is 4.98 Å². The second kappa shape index (κ2) is 6.33. The fourth-order valence-electron chi connectivity index (χ4n) is 2.49. The molecule has 4 aromatic rings. The lowest BCUT2D eigenvalue weighted by atomic mass is 10.2. The monoisotopic (exact) mass is 333 g/mol. The Morgan fingerprint density at radius 2 is 1.96 bits per heavy atom. The minimum Gasteiger partial charge on any atom is -0.365 e. The smallest absolute Gasteiger partial charge is 0.183 e. The van der Waals surface area contributed by atoms with Gasteiger partial charge in [0.2, 0.25) is 0 Å². The highest BCUT2D eigenvalue weighted by Crippen LogP contribution is 2.30. The van der Waals surface area contributed by atoms with Crippen molar-refractivity contribution in [2.24, 2.45) is 0 Å². The Bertz CT molecular complexity index is 967. The van der Waals surface area contributed by atoms with Crippen LogP contribution in [0.1, 0.15) is 10.4 Å². The Morgan fingerprint density at radius 1 is 1.08 bits per heavy atom. The van der Waals surface area contributed by atoms with E-state index in [1.165, 1.54) is 10.4 Å². The summed E-state index contributed by atoms with van der Waals surface area (Å²) in [7, 11) is 0. The van der Waals surface area contributed by atoms with Crippen molar-refractivity contribution in [3.05, 3.63) is 65.4 Å². The van der Waals surface area contributed by atoms with Gasteiger partial charge in [0.05, 0.1) is 11.6 Å². The van der Waals surface area contributed by atoms with E-state index >= 15 is 0 Å². The van der Waals surface area contributed by atoms with Gasteiger partial charge < -0.3 is 5.32 Å². The number of hydrogen-bond donors (Lipinski definition) is 1. The molecule has 0 aliphatic heterocycles. The summed E-state index contributed by atoms with van der Waals surface area (Å²) in [5.74, 6) is 1.42. The van der Waals surface area contributed by atoms with Crippen LogP contribution in [0.15, 0.2) is 55.0 Å². The van der Waals surface area contributed by atoms with E-state index in [1.54, 1.807) is 29.9 Å². The molecule has 0 fully saturated rings. The van der Waals surface area contributed by atoms with Crippen molar-refractivity contribution in [3.63, 3.8) is 0 Å². The van der Waals surface area contributed by atoms with Crippen molar-refractivity contribution in [2.75, 3.05) is 5.32 Å². The van der Waals surface area contributed by atoms with E-state index in [1.807, 2.05) is 18.2 Å². The van der Waals surface area contributed by atoms with Crippen LogP contribution in [0, 0.1) is 6.92 Å². The number of hydrogen-bond acceptors (Lipinski definition) is 6. The van der Waals surface area contributed by atoms with Crippen LogP contribution < -0.4 is 5.32 Å². The molecule has 0 saturated heterocycles. The maximum Gasteiger partial charge on any atom is 0.183 e. The number of nitrogens with one attached hydrogen (secondary N) is 1. The topological polar surface area (TPSA) is 63.6 Å². The Labute approximate surface area is 143 Å². The van der Waals surface area contributed by atoms with Crippen molar-refractivity contribution >= 4 is 27.4 Å². The number of nitrogens with zero attached hydrogens (tertiary/aromatic N) is 4. The summed E-state index contributed by atoms with van der Waals surface area (Å²) in [6, 6.07) is 12.4. The molecule has 4 rings (SSSR count). The third-order valence-corrected chi connectivity index (χ3v) is 4.56. The summed E-state index contributed by atoms with van der Waals surface area (Å²) in [5.41, 5.74) is 1.88. The van der Waals surface area contributed by atoms with Crippen molar-refractivity contribution in [2.45, 2.75) is 13.5 Å². The van der Waals surface area contributed by atoms with Gasteiger partial charge in [-0.2, -0.15) is 0 Å². The van der Waals surface area contributed by atoms with E-state index in [2.05, 4.69) is 50.4 Å². The van der Waals surface area contributed by atoms with Gasteiger partial charge in [0.15, 0.2) is 5.82 Å². The molecular formula is C18H15N5S. The van der Waals surface area contributed by atoms with E-state index in [0.29, 0.717) is 18.1 Å². The van der Waals surface area contributed by atoms with Gasteiger partial charge in [-0.05, 0) is 18.6 Å². The summed E-state index contributed by atoms with van der Waals surface area (Å²) >= 11 is 1.66. The van der Waals surface area contributed by atoms with E-state index in [4.69, 9.17) is 0 Å². The van der Waals surface area contributed by atoms with Gasteiger partial charge in [-0.15, -0.1) is 11.3 Å². The highest BCUT2D eigenvalue weighted by Gasteiger charge is 2.12. The molecule has 0 amide bonds. The van der Waals surface area contributed by atoms with Crippen molar-refractivity contribution in [3.8, 4) is 11.5 Å². The molecule has 0 spiro atoms. The number of anilines is 1. The molecule has 24 heavy (non-hydrogen) atoms. The molecule has 5 nitrogen and oxygen atoms in total. The predicted molar refractivity (Wildman–Crippen MR) is 96.9 cm³/mol. The number of rotatable bonds is 4. The first-order valence-corrected chi connectivity index (χ1v) is 8.43. The second-order valence-corrected chi connectivity index (χ2v) is 6.64. The molecule has 1 N–H and O–H groups in total. The largest absolute Gasteiger partial charge is 0.365 e. The van der Waals surface area contributed by atoms with Crippen LogP contribution in [0.25, 0.3) is 21.7 Å². The average molecular weight is 333 g/mol. The quantitative estimate of drug-likeness (QED) is 0.610. The summed E-state index contributed by atoms with van der Waals surface area (Å²) in [5, 5.41) is 4.48. The normalized spacial score (nSPS) is 10.9. The van der Waals surface area contributed by atoms with Gasteiger partial charge in [-0.1, -0.05) is 30.3 Å². The zero-order valence-corrected chi connectivity index (χ0v) is 13.9. The summed E-state index contributed by atoms with van der Waals surface area (Å²) < 4.78 is 0. The minimum absolute atomic E-state index is 0.591. The van der Waals surface area contributed by atoms with Crippen molar-refractivity contribution < 1.29 is 0 Å². The van der Waals surface area contributed by atoms with Crippen LogP contribution in [0.5, 0.6) is 0 Å². The van der Waals surface area contributed by atoms with Crippen LogP contribution in [-0.2, 0) is 6.54 Å². The second-order valence-electron chi connectivity index (χ2n) is 5.40. The number of fused-ring (bicyclic) bond motifs is 1. The van der Waals surface area contributed by atoms with E-state index < -0.39 is 0 Å². The zero-order chi connectivity index (χ0) is 16.4. The number of aromatic nitrogens is 4. The number of benzene rings is 1. The summed E-state index contributed by atoms with van der Waals surface area (Å²) in [6.45, 7) is 2.79. The molecule has 3 heterocycles. The highest BCUT2D eigenvalue weighted by atomic mass is 32.1. The van der Waals surface area contributed by atoms with Gasteiger partial charge in [0, 0.05) is 23.8 Å². The minimum atomic E-state index is 0.591. The predicted octanol–water partition coefficient (Wildman–Crippen LogP) is 4.07. The van der Waals surface area contributed by atoms with E-state index in [0.717, 1.165) is 16.0 Å². The zero-order valence-electron chi connectivity index (χ0n) is 13.1. The van der Waals surface area contributed by atoms with Gasteiger partial charge >= 0.3 is 0 Å². The Balaban J connectivity index is 1.75. The first-order valence-electron chi connectivity index (χ1n) is 7.62. The van der Waals surface area contributed by atoms with Crippen LogP contribution in [0.2, 0.25) is 0 Å². The lowest BCUT2D eigenvalue weighted by Gasteiger charge is -2.08. The molecule has 6 heteroatoms. The molecule has 118 valence electrons. The Hall–Kier alpha value is -2.86. The maximum atomic E-state index is 4.68. The lowest BCUT2D eigenvalue weighted by Crippen LogP contribution is -2.03. The third-order valence-electron chi connectivity index (χ3n) is 3.61. The highest BCUT2D eigenvalue weighted by molar-refractivity contribution is 7.18. The molecule has 0 unspecified atom stereocenters. The third kappa shape index (κ3) is 2.96.